The van der Waals surface area contributed by atoms with Crippen LogP contribution in [0.2, 0.25) is 0 Å². The fourth-order valence-electron chi connectivity index (χ4n) is 0.447. The summed E-state index contributed by atoms with van der Waals surface area (Å²) in [4.78, 5) is 1.21. The SMILES string of the molecule is CN/C(C)=C(/CCl)SC. The lowest BCUT2D eigenvalue weighted by Crippen LogP contribution is -2.04. The molecule has 0 heterocycles. The minimum Gasteiger partial charge on any atom is -0.391 e. The van der Waals surface area contributed by atoms with Gasteiger partial charge in [0.05, 0.1) is 5.88 Å². The summed E-state index contributed by atoms with van der Waals surface area (Å²) in [5, 5.41) is 3.04. The molecule has 0 unspecified atom stereocenters. The van der Waals surface area contributed by atoms with Crippen LogP contribution in [0.5, 0.6) is 0 Å². The lowest BCUT2D eigenvalue weighted by Gasteiger charge is -2.04. The van der Waals surface area contributed by atoms with Crippen LogP contribution in [-0.4, -0.2) is 19.2 Å². The number of hydrogen-bond donors (Lipinski definition) is 1. The Hall–Kier alpha value is 0.180. The van der Waals surface area contributed by atoms with E-state index < -0.39 is 0 Å². The van der Waals surface area contributed by atoms with Gasteiger partial charge in [0.1, 0.15) is 0 Å². The fraction of sp³-hybridized carbons (Fsp3) is 0.667. The molecule has 3 heteroatoms. The molecule has 1 N–H and O–H groups in total. The zero-order valence-electron chi connectivity index (χ0n) is 5.99. The predicted octanol–water partition coefficient (Wildman–Crippen LogP) is 2.04. The maximum Gasteiger partial charge on any atom is 0.0550 e. The number of hydrogen-bond acceptors (Lipinski definition) is 2. The molecule has 0 aromatic heterocycles. The Morgan fingerprint density at radius 2 is 2.22 bits per heavy atom. The van der Waals surface area contributed by atoms with Crippen molar-refractivity contribution in [3.63, 3.8) is 0 Å². The molecule has 0 aromatic rings. The van der Waals surface area contributed by atoms with E-state index in [1.54, 1.807) is 11.8 Å². The van der Waals surface area contributed by atoms with E-state index in [0.717, 1.165) is 5.70 Å². The summed E-state index contributed by atoms with van der Waals surface area (Å²) < 4.78 is 0. The van der Waals surface area contributed by atoms with Gasteiger partial charge in [0.2, 0.25) is 0 Å². The van der Waals surface area contributed by atoms with Gasteiger partial charge in [0.15, 0.2) is 0 Å². The van der Waals surface area contributed by atoms with Crippen molar-refractivity contribution in [3.8, 4) is 0 Å². The Bertz CT molecular complexity index is 106. The predicted molar refractivity (Wildman–Crippen MR) is 46.0 cm³/mol. The van der Waals surface area contributed by atoms with Crippen molar-refractivity contribution in [2.45, 2.75) is 6.92 Å². The van der Waals surface area contributed by atoms with Crippen LogP contribution in [0.1, 0.15) is 6.92 Å². The third kappa shape index (κ3) is 3.01. The number of allylic oxidation sites excluding steroid dienone is 2. The molecule has 0 saturated heterocycles. The van der Waals surface area contributed by atoms with E-state index in [1.807, 2.05) is 20.2 Å². The standard InChI is InChI=1S/C6H12ClNS/c1-5(8-2)6(4-7)9-3/h8H,4H2,1-3H3/b6-5-. The van der Waals surface area contributed by atoms with E-state index in [4.69, 9.17) is 11.6 Å². The van der Waals surface area contributed by atoms with Gasteiger partial charge in [-0.3, -0.25) is 0 Å². The topological polar surface area (TPSA) is 12.0 Å². The summed E-state index contributed by atoms with van der Waals surface area (Å²) in [5.41, 5.74) is 1.16. The molecule has 0 aromatic carbocycles. The van der Waals surface area contributed by atoms with Crippen LogP contribution >= 0.6 is 23.4 Å². The molecule has 0 radical (unpaired) electrons. The van der Waals surface area contributed by atoms with E-state index >= 15 is 0 Å². The molecule has 1 nitrogen and oxygen atoms in total. The first kappa shape index (κ1) is 9.18. The number of rotatable bonds is 3. The summed E-state index contributed by atoms with van der Waals surface area (Å²) in [6, 6.07) is 0. The van der Waals surface area contributed by atoms with Crippen LogP contribution < -0.4 is 5.32 Å². The lowest BCUT2D eigenvalue weighted by atomic mass is 10.4. The van der Waals surface area contributed by atoms with Crippen molar-refractivity contribution < 1.29 is 0 Å². The van der Waals surface area contributed by atoms with Crippen LogP contribution in [0.4, 0.5) is 0 Å². The van der Waals surface area contributed by atoms with Crippen molar-refractivity contribution in [2.24, 2.45) is 0 Å². The highest BCUT2D eigenvalue weighted by Gasteiger charge is 1.95. The zero-order valence-corrected chi connectivity index (χ0v) is 7.57. The van der Waals surface area contributed by atoms with Gasteiger partial charge in [-0.1, -0.05) is 0 Å². The third-order valence-electron chi connectivity index (χ3n) is 1.16. The second kappa shape index (κ2) is 5.00. The van der Waals surface area contributed by atoms with E-state index in [1.165, 1.54) is 4.91 Å². The van der Waals surface area contributed by atoms with Gasteiger partial charge in [-0.15, -0.1) is 23.4 Å². The Kier molecular flexibility index (Phi) is 5.10. The smallest absolute Gasteiger partial charge is 0.0550 e. The van der Waals surface area contributed by atoms with Crippen molar-refractivity contribution in [2.75, 3.05) is 19.2 Å². The zero-order chi connectivity index (χ0) is 7.28. The molecule has 9 heavy (non-hydrogen) atoms. The Balaban J connectivity index is 4.01. The first-order valence-electron chi connectivity index (χ1n) is 2.73. The number of halogens is 1. The molecule has 0 atom stereocenters. The van der Waals surface area contributed by atoms with Crippen molar-refractivity contribution >= 4 is 23.4 Å². The average molecular weight is 166 g/mol. The lowest BCUT2D eigenvalue weighted by molar-refractivity contribution is 0.980. The van der Waals surface area contributed by atoms with Gasteiger partial charge in [-0.05, 0) is 13.2 Å². The third-order valence-corrected chi connectivity index (χ3v) is 2.53. The molecule has 0 fully saturated rings. The molecular weight excluding hydrogens is 154 g/mol. The van der Waals surface area contributed by atoms with Gasteiger partial charge in [-0.25, -0.2) is 0 Å². The Morgan fingerprint density at radius 1 is 1.67 bits per heavy atom. The highest BCUT2D eigenvalue weighted by molar-refractivity contribution is 8.02. The molecule has 0 rings (SSSR count). The van der Waals surface area contributed by atoms with Crippen molar-refractivity contribution in [3.05, 3.63) is 10.6 Å². The molecule has 54 valence electrons. The van der Waals surface area contributed by atoms with Crippen LogP contribution in [0, 0.1) is 0 Å². The maximum absolute atomic E-state index is 5.62. The molecule has 0 saturated carbocycles. The Labute approximate surface area is 65.9 Å². The van der Waals surface area contributed by atoms with Gasteiger partial charge in [-0.2, -0.15) is 0 Å². The molecule has 0 aliphatic heterocycles. The number of alkyl halides is 1. The largest absolute Gasteiger partial charge is 0.391 e. The van der Waals surface area contributed by atoms with Gasteiger partial charge in [0.25, 0.3) is 0 Å². The number of nitrogens with one attached hydrogen (secondary N) is 1. The highest BCUT2D eigenvalue weighted by atomic mass is 35.5. The highest BCUT2D eigenvalue weighted by Crippen LogP contribution is 2.15. The van der Waals surface area contributed by atoms with Gasteiger partial charge in [0, 0.05) is 17.6 Å². The van der Waals surface area contributed by atoms with E-state index in [-0.39, 0.29) is 0 Å². The number of thioether (sulfide) groups is 1. The van der Waals surface area contributed by atoms with Crippen LogP contribution in [0.15, 0.2) is 10.6 Å². The van der Waals surface area contributed by atoms with Crippen LogP contribution in [-0.2, 0) is 0 Å². The van der Waals surface area contributed by atoms with E-state index in [2.05, 4.69) is 5.32 Å². The van der Waals surface area contributed by atoms with E-state index in [0.29, 0.717) is 5.88 Å². The minimum absolute atomic E-state index is 0.605. The average Bonchev–Trinajstić information content (AvgIpc) is 1.90. The summed E-state index contributed by atoms with van der Waals surface area (Å²) >= 11 is 7.31. The second-order valence-corrected chi connectivity index (χ2v) is 2.80. The second-order valence-electron chi connectivity index (χ2n) is 1.64. The Morgan fingerprint density at radius 3 is 2.33 bits per heavy atom. The monoisotopic (exact) mass is 165 g/mol. The van der Waals surface area contributed by atoms with E-state index in [9.17, 15) is 0 Å². The molecule has 0 bridgehead atoms. The molecule has 0 aliphatic carbocycles. The molecular formula is C6H12ClNS. The van der Waals surface area contributed by atoms with Crippen molar-refractivity contribution in [1.29, 1.82) is 0 Å². The minimum atomic E-state index is 0.605. The maximum atomic E-state index is 5.62. The van der Waals surface area contributed by atoms with Crippen molar-refractivity contribution in [1.82, 2.24) is 5.32 Å². The molecule has 0 spiro atoms. The summed E-state index contributed by atoms with van der Waals surface area (Å²) in [7, 11) is 1.90. The first-order chi connectivity index (χ1) is 4.26. The summed E-state index contributed by atoms with van der Waals surface area (Å²) in [5.74, 6) is 0.605. The fourth-order valence-corrected chi connectivity index (χ4v) is 1.49. The molecule has 0 aliphatic rings. The normalized spacial score (nSPS) is 12.9. The summed E-state index contributed by atoms with van der Waals surface area (Å²) in [6.45, 7) is 2.02. The quantitative estimate of drug-likeness (QED) is 0.643. The van der Waals surface area contributed by atoms with Crippen LogP contribution in [0.3, 0.4) is 0 Å². The van der Waals surface area contributed by atoms with Gasteiger partial charge < -0.3 is 5.32 Å². The first-order valence-corrected chi connectivity index (χ1v) is 4.49. The van der Waals surface area contributed by atoms with Gasteiger partial charge >= 0.3 is 0 Å². The summed E-state index contributed by atoms with van der Waals surface area (Å²) in [6.07, 6.45) is 2.03. The molecule has 0 amide bonds. The van der Waals surface area contributed by atoms with Crippen LogP contribution in [0.25, 0.3) is 0 Å².